The number of halogens is 1. The summed E-state index contributed by atoms with van der Waals surface area (Å²) >= 11 is 3.29. The van der Waals surface area contributed by atoms with E-state index >= 15 is 0 Å². The van der Waals surface area contributed by atoms with Crippen LogP contribution in [0.1, 0.15) is 0 Å². The Hall–Kier alpha value is -1.81. The highest BCUT2D eigenvalue weighted by molar-refractivity contribution is 9.10. The zero-order valence-electron chi connectivity index (χ0n) is 8.80. The van der Waals surface area contributed by atoms with Crippen molar-refractivity contribution in [2.24, 2.45) is 0 Å². The standard InChI is InChI=1S/C13H9BrO3/c14-10-6-8-12(9-7-10)17-13(15)16-11-4-2-1-3-5-11/h1-9H. The third-order valence-electron chi connectivity index (χ3n) is 1.96. The van der Waals surface area contributed by atoms with E-state index in [-0.39, 0.29) is 0 Å². The summed E-state index contributed by atoms with van der Waals surface area (Å²) in [4.78, 5) is 11.4. The Balaban J connectivity index is 1.96. The van der Waals surface area contributed by atoms with E-state index in [0.29, 0.717) is 11.5 Å². The number of para-hydroxylation sites is 1. The van der Waals surface area contributed by atoms with Crippen LogP contribution < -0.4 is 9.47 Å². The Morgan fingerprint density at radius 1 is 0.824 bits per heavy atom. The number of hydrogen-bond donors (Lipinski definition) is 0. The Morgan fingerprint density at radius 3 is 1.94 bits per heavy atom. The quantitative estimate of drug-likeness (QED) is 0.619. The van der Waals surface area contributed by atoms with Gasteiger partial charge in [0.2, 0.25) is 0 Å². The minimum absolute atomic E-state index is 0.439. The molecule has 17 heavy (non-hydrogen) atoms. The van der Waals surface area contributed by atoms with Crippen LogP contribution in [0.15, 0.2) is 59.1 Å². The van der Waals surface area contributed by atoms with Gasteiger partial charge in [-0.25, -0.2) is 4.79 Å². The lowest BCUT2D eigenvalue weighted by atomic mass is 10.3. The zero-order chi connectivity index (χ0) is 12.1. The normalized spacial score (nSPS) is 9.71. The summed E-state index contributed by atoms with van der Waals surface area (Å²) in [5.41, 5.74) is 0. The van der Waals surface area contributed by atoms with Crippen LogP contribution in [0.5, 0.6) is 11.5 Å². The fraction of sp³-hybridized carbons (Fsp3) is 0. The second-order valence-electron chi connectivity index (χ2n) is 3.22. The van der Waals surface area contributed by atoms with Gasteiger partial charge in [-0.1, -0.05) is 34.1 Å². The molecule has 0 aliphatic rings. The zero-order valence-corrected chi connectivity index (χ0v) is 10.4. The van der Waals surface area contributed by atoms with Crippen molar-refractivity contribution in [3.8, 4) is 11.5 Å². The van der Waals surface area contributed by atoms with E-state index in [0.717, 1.165) is 4.47 Å². The summed E-state index contributed by atoms with van der Waals surface area (Å²) in [6.07, 6.45) is -0.751. The molecule has 4 heteroatoms. The Morgan fingerprint density at radius 2 is 1.35 bits per heavy atom. The number of carbonyl (C=O) groups is 1. The monoisotopic (exact) mass is 292 g/mol. The van der Waals surface area contributed by atoms with Gasteiger partial charge in [-0.3, -0.25) is 0 Å². The number of ether oxygens (including phenoxy) is 2. The summed E-state index contributed by atoms with van der Waals surface area (Å²) in [6.45, 7) is 0. The summed E-state index contributed by atoms with van der Waals surface area (Å²) in [6, 6.07) is 15.7. The first-order valence-electron chi connectivity index (χ1n) is 4.94. The summed E-state index contributed by atoms with van der Waals surface area (Å²) < 4.78 is 10.9. The second-order valence-corrected chi connectivity index (χ2v) is 4.14. The molecule has 2 aromatic carbocycles. The molecular weight excluding hydrogens is 284 g/mol. The molecule has 2 rings (SSSR count). The highest BCUT2D eigenvalue weighted by Gasteiger charge is 2.06. The second kappa shape index (κ2) is 5.50. The Labute approximate surface area is 107 Å². The van der Waals surface area contributed by atoms with E-state index in [1.807, 2.05) is 6.07 Å². The molecule has 0 spiro atoms. The highest BCUT2D eigenvalue weighted by Crippen LogP contribution is 2.17. The van der Waals surface area contributed by atoms with Gasteiger partial charge >= 0.3 is 6.16 Å². The maximum atomic E-state index is 11.4. The van der Waals surface area contributed by atoms with E-state index in [1.165, 1.54) is 0 Å². The number of carbonyl (C=O) groups excluding carboxylic acids is 1. The largest absolute Gasteiger partial charge is 0.519 e. The van der Waals surface area contributed by atoms with Gasteiger partial charge in [-0.15, -0.1) is 0 Å². The van der Waals surface area contributed by atoms with Gasteiger partial charge in [0.05, 0.1) is 0 Å². The molecule has 0 heterocycles. The SMILES string of the molecule is O=C(Oc1ccccc1)Oc1ccc(Br)cc1. The first kappa shape index (κ1) is 11.7. The molecule has 0 saturated heterocycles. The molecule has 0 saturated carbocycles. The van der Waals surface area contributed by atoms with Crippen molar-refractivity contribution in [2.75, 3.05) is 0 Å². The van der Waals surface area contributed by atoms with E-state index in [9.17, 15) is 4.79 Å². The van der Waals surface area contributed by atoms with E-state index in [1.54, 1.807) is 48.5 Å². The summed E-state index contributed by atoms with van der Waals surface area (Å²) in [5, 5.41) is 0. The van der Waals surface area contributed by atoms with E-state index < -0.39 is 6.16 Å². The summed E-state index contributed by atoms with van der Waals surface area (Å²) in [7, 11) is 0. The van der Waals surface area contributed by atoms with E-state index in [2.05, 4.69) is 15.9 Å². The van der Waals surface area contributed by atoms with Crippen molar-refractivity contribution in [3.05, 3.63) is 59.1 Å². The van der Waals surface area contributed by atoms with Crippen molar-refractivity contribution >= 4 is 22.1 Å². The van der Waals surface area contributed by atoms with Gasteiger partial charge in [-0.2, -0.15) is 0 Å². The fourth-order valence-corrected chi connectivity index (χ4v) is 1.47. The van der Waals surface area contributed by atoms with Gasteiger partial charge in [0, 0.05) is 4.47 Å². The lowest BCUT2D eigenvalue weighted by molar-refractivity contribution is 0.152. The van der Waals surface area contributed by atoms with Gasteiger partial charge in [-0.05, 0) is 36.4 Å². The molecule has 0 unspecified atom stereocenters. The molecule has 0 radical (unpaired) electrons. The van der Waals surface area contributed by atoms with Crippen molar-refractivity contribution in [1.82, 2.24) is 0 Å². The molecule has 0 bridgehead atoms. The number of benzene rings is 2. The van der Waals surface area contributed by atoms with E-state index in [4.69, 9.17) is 9.47 Å². The lowest BCUT2D eigenvalue weighted by Gasteiger charge is -2.05. The van der Waals surface area contributed by atoms with Crippen LogP contribution in [-0.4, -0.2) is 6.16 Å². The lowest BCUT2D eigenvalue weighted by Crippen LogP contribution is -2.13. The van der Waals surface area contributed by atoms with Gasteiger partial charge in [0.25, 0.3) is 0 Å². The van der Waals surface area contributed by atoms with Crippen LogP contribution >= 0.6 is 15.9 Å². The molecule has 0 fully saturated rings. The number of hydrogen-bond acceptors (Lipinski definition) is 3. The Kier molecular flexibility index (Phi) is 3.77. The molecule has 0 N–H and O–H groups in total. The van der Waals surface area contributed by atoms with Gasteiger partial charge < -0.3 is 9.47 Å². The predicted molar refractivity (Wildman–Crippen MR) is 67.2 cm³/mol. The molecular formula is C13H9BrO3. The molecule has 0 aliphatic heterocycles. The van der Waals surface area contributed by atoms with Crippen molar-refractivity contribution < 1.29 is 14.3 Å². The topological polar surface area (TPSA) is 35.5 Å². The molecule has 0 amide bonds. The molecule has 0 atom stereocenters. The third kappa shape index (κ3) is 3.60. The van der Waals surface area contributed by atoms with Gasteiger partial charge in [0.15, 0.2) is 0 Å². The highest BCUT2D eigenvalue weighted by atomic mass is 79.9. The maximum Gasteiger partial charge on any atom is 0.519 e. The smallest absolute Gasteiger partial charge is 0.395 e. The fourth-order valence-electron chi connectivity index (χ4n) is 1.20. The number of rotatable bonds is 2. The van der Waals surface area contributed by atoms with Crippen molar-refractivity contribution in [1.29, 1.82) is 0 Å². The summed E-state index contributed by atoms with van der Waals surface area (Å²) in [5.74, 6) is 0.892. The van der Waals surface area contributed by atoms with Gasteiger partial charge in [0.1, 0.15) is 11.5 Å². The molecule has 0 aliphatic carbocycles. The first-order chi connectivity index (χ1) is 8.24. The van der Waals surface area contributed by atoms with Crippen LogP contribution in [0.3, 0.4) is 0 Å². The maximum absolute atomic E-state index is 11.4. The van der Waals surface area contributed by atoms with Crippen LogP contribution in [-0.2, 0) is 0 Å². The molecule has 0 aromatic heterocycles. The van der Waals surface area contributed by atoms with Crippen molar-refractivity contribution in [3.63, 3.8) is 0 Å². The predicted octanol–water partition coefficient (Wildman–Crippen LogP) is 4.03. The van der Waals surface area contributed by atoms with Crippen LogP contribution in [0.25, 0.3) is 0 Å². The van der Waals surface area contributed by atoms with Crippen molar-refractivity contribution in [2.45, 2.75) is 0 Å². The molecule has 2 aromatic rings. The first-order valence-corrected chi connectivity index (χ1v) is 5.73. The average Bonchev–Trinajstić information content (AvgIpc) is 2.33. The minimum atomic E-state index is -0.751. The Bertz CT molecular complexity index is 494. The van der Waals surface area contributed by atoms with Crippen LogP contribution in [0.2, 0.25) is 0 Å². The third-order valence-corrected chi connectivity index (χ3v) is 2.49. The molecule has 3 nitrogen and oxygen atoms in total. The average molecular weight is 293 g/mol. The van der Waals surface area contributed by atoms with Crippen LogP contribution in [0, 0.1) is 0 Å². The molecule has 86 valence electrons. The minimum Gasteiger partial charge on any atom is -0.395 e. The van der Waals surface area contributed by atoms with Crippen LogP contribution in [0.4, 0.5) is 4.79 Å².